The standard InChI is InChI=1S/C21H33N3O2.HI/c1-2-22-21(23-15-17-7-9-19(25)10-8-17)24-13-11-20(12-14-24)26-16-18-5-3-4-6-18;/h7-10,18,20,25H,2-6,11-16H2,1H3,(H,22,23);1H. The molecule has 0 spiro atoms. The summed E-state index contributed by atoms with van der Waals surface area (Å²) in [5.74, 6) is 2.08. The molecule has 5 nitrogen and oxygen atoms in total. The van der Waals surface area contributed by atoms with Crippen molar-refractivity contribution in [3.63, 3.8) is 0 Å². The Kier molecular flexibility index (Phi) is 9.68. The summed E-state index contributed by atoms with van der Waals surface area (Å²) in [5.41, 5.74) is 1.10. The first-order valence-electron chi connectivity index (χ1n) is 10.2. The van der Waals surface area contributed by atoms with Crippen LogP contribution in [0.3, 0.4) is 0 Å². The summed E-state index contributed by atoms with van der Waals surface area (Å²) in [7, 11) is 0. The smallest absolute Gasteiger partial charge is 0.194 e. The Balaban J connectivity index is 0.00000261. The van der Waals surface area contributed by atoms with Crippen molar-refractivity contribution in [2.45, 2.75) is 58.1 Å². The second-order valence-corrected chi connectivity index (χ2v) is 7.51. The van der Waals surface area contributed by atoms with Crippen molar-refractivity contribution in [3.8, 4) is 5.75 Å². The molecule has 1 heterocycles. The molecule has 1 saturated carbocycles. The summed E-state index contributed by atoms with van der Waals surface area (Å²) in [4.78, 5) is 7.13. The third-order valence-corrected chi connectivity index (χ3v) is 5.47. The zero-order valence-electron chi connectivity index (χ0n) is 16.4. The summed E-state index contributed by atoms with van der Waals surface area (Å²) < 4.78 is 6.18. The highest BCUT2D eigenvalue weighted by Crippen LogP contribution is 2.26. The second-order valence-electron chi connectivity index (χ2n) is 7.51. The number of nitrogens with zero attached hydrogens (tertiary/aromatic N) is 2. The minimum Gasteiger partial charge on any atom is -0.508 e. The molecule has 6 heteroatoms. The van der Waals surface area contributed by atoms with Crippen LogP contribution in [0.5, 0.6) is 5.75 Å². The number of guanidine groups is 1. The van der Waals surface area contributed by atoms with Crippen LogP contribution >= 0.6 is 24.0 Å². The molecule has 152 valence electrons. The normalized spacial score (nSPS) is 19.1. The zero-order chi connectivity index (χ0) is 18.2. The maximum Gasteiger partial charge on any atom is 0.194 e. The predicted molar refractivity (Wildman–Crippen MR) is 121 cm³/mol. The first-order chi connectivity index (χ1) is 12.7. The fraction of sp³-hybridized carbons (Fsp3) is 0.667. The van der Waals surface area contributed by atoms with E-state index in [0.29, 0.717) is 18.4 Å². The average molecular weight is 487 g/mol. The number of nitrogens with one attached hydrogen (secondary N) is 1. The summed E-state index contributed by atoms with van der Waals surface area (Å²) in [6, 6.07) is 7.27. The molecule has 1 aromatic carbocycles. The number of hydrogen-bond donors (Lipinski definition) is 2. The Morgan fingerprint density at radius 1 is 1.15 bits per heavy atom. The number of hydrogen-bond acceptors (Lipinski definition) is 3. The van der Waals surface area contributed by atoms with Gasteiger partial charge in [-0.05, 0) is 56.2 Å². The van der Waals surface area contributed by atoms with Gasteiger partial charge in [-0.2, -0.15) is 0 Å². The minimum atomic E-state index is 0. The fourth-order valence-electron chi connectivity index (χ4n) is 3.88. The lowest BCUT2D eigenvalue weighted by molar-refractivity contribution is 0.00101. The second kappa shape index (κ2) is 11.7. The van der Waals surface area contributed by atoms with E-state index in [4.69, 9.17) is 9.73 Å². The van der Waals surface area contributed by atoms with Gasteiger partial charge in [-0.1, -0.05) is 25.0 Å². The zero-order valence-corrected chi connectivity index (χ0v) is 18.7. The average Bonchev–Trinajstić information content (AvgIpc) is 3.19. The molecule has 27 heavy (non-hydrogen) atoms. The molecular formula is C21H34IN3O2. The molecule has 1 saturated heterocycles. The SMILES string of the molecule is CCNC(=NCc1ccc(O)cc1)N1CCC(OCC2CCCC2)CC1.I. The molecule has 0 aromatic heterocycles. The topological polar surface area (TPSA) is 57.1 Å². The van der Waals surface area contributed by atoms with Gasteiger partial charge in [0.25, 0.3) is 0 Å². The van der Waals surface area contributed by atoms with Crippen LogP contribution in [0.4, 0.5) is 0 Å². The Morgan fingerprint density at radius 3 is 2.44 bits per heavy atom. The molecule has 0 unspecified atom stereocenters. The lowest BCUT2D eigenvalue weighted by atomic mass is 10.1. The first-order valence-corrected chi connectivity index (χ1v) is 10.2. The van der Waals surface area contributed by atoms with Crippen LogP contribution in [0.15, 0.2) is 29.3 Å². The van der Waals surface area contributed by atoms with Crippen molar-refractivity contribution >= 4 is 29.9 Å². The quantitative estimate of drug-likeness (QED) is 0.360. The maximum absolute atomic E-state index is 9.39. The van der Waals surface area contributed by atoms with E-state index < -0.39 is 0 Å². The van der Waals surface area contributed by atoms with Crippen molar-refractivity contribution < 1.29 is 9.84 Å². The van der Waals surface area contributed by atoms with Gasteiger partial charge in [-0.15, -0.1) is 24.0 Å². The van der Waals surface area contributed by atoms with Gasteiger partial charge in [0.05, 0.1) is 12.6 Å². The van der Waals surface area contributed by atoms with Crippen LogP contribution in [0, 0.1) is 5.92 Å². The highest BCUT2D eigenvalue weighted by atomic mass is 127. The number of phenolic OH excluding ortho intramolecular Hbond substituents is 1. The number of piperidine rings is 1. The number of likely N-dealkylation sites (tertiary alicyclic amines) is 1. The molecule has 0 amide bonds. The molecule has 0 radical (unpaired) electrons. The van der Waals surface area contributed by atoms with Crippen molar-refractivity contribution in [3.05, 3.63) is 29.8 Å². The van der Waals surface area contributed by atoms with Gasteiger partial charge in [-0.3, -0.25) is 0 Å². The Labute approximate surface area is 180 Å². The molecule has 1 aromatic rings. The van der Waals surface area contributed by atoms with E-state index in [1.165, 1.54) is 25.7 Å². The Morgan fingerprint density at radius 2 is 1.81 bits per heavy atom. The van der Waals surface area contributed by atoms with E-state index in [9.17, 15) is 5.11 Å². The lowest BCUT2D eigenvalue weighted by Gasteiger charge is -2.34. The largest absolute Gasteiger partial charge is 0.508 e. The molecule has 3 rings (SSSR count). The predicted octanol–water partition coefficient (Wildman–Crippen LogP) is 4.15. The number of aliphatic imine (C=N–C) groups is 1. The highest BCUT2D eigenvalue weighted by Gasteiger charge is 2.23. The molecule has 0 atom stereocenters. The van der Waals surface area contributed by atoms with E-state index in [2.05, 4.69) is 17.1 Å². The van der Waals surface area contributed by atoms with E-state index in [0.717, 1.165) is 56.5 Å². The van der Waals surface area contributed by atoms with E-state index in [1.54, 1.807) is 12.1 Å². The van der Waals surface area contributed by atoms with Gasteiger partial charge in [0, 0.05) is 26.2 Å². The molecular weight excluding hydrogens is 453 g/mol. The van der Waals surface area contributed by atoms with Crippen LogP contribution in [0.2, 0.25) is 0 Å². The molecule has 1 aliphatic heterocycles. The van der Waals surface area contributed by atoms with Crippen LogP contribution in [-0.2, 0) is 11.3 Å². The Hall–Kier alpha value is -1.02. The van der Waals surface area contributed by atoms with E-state index in [-0.39, 0.29) is 24.0 Å². The van der Waals surface area contributed by atoms with Crippen LogP contribution < -0.4 is 5.32 Å². The van der Waals surface area contributed by atoms with E-state index in [1.807, 2.05) is 12.1 Å². The van der Waals surface area contributed by atoms with Crippen LogP contribution in [0.25, 0.3) is 0 Å². The third kappa shape index (κ3) is 7.14. The number of aromatic hydroxyl groups is 1. The molecule has 0 bridgehead atoms. The van der Waals surface area contributed by atoms with Crippen molar-refractivity contribution in [1.29, 1.82) is 0 Å². The summed E-state index contributed by atoms with van der Waals surface area (Å²) in [6.45, 7) is 6.55. The first kappa shape index (κ1) is 22.3. The van der Waals surface area contributed by atoms with Gasteiger partial charge in [0.2, 0.25) is 0 Å². The molecule has 1 aliphatic carbocycles. The number of benzene rings is 1. The summed E-state index contributed by atoms with van der Waals surface area (Å²) in [6.07, 6.45) is 8.05. The van der Waals surface area contributed by atoms with Gasteiger partial charge >= 0.3 is 0 Å². The summed E-state index contributed by atoms with van der Waals surface area (Å²) >= 11 is 0. The molecule has 2 fully saturated rings. The highest BCUT2D eigenvalue weighted by molar-refractivity contribution is 14.0. The number of ether oxygens (including phenoxy) is 1. The van der Waals surface area contributed by atoms with Crippen LogP contribution in [-0.4, -0.2) is 48.3 Å². The lowest BCUT2D eigenvalue weighted by Crippen LogP contribution is -2.47. The third-order valence-electron chi connectivity index (χ3n) is 5.47. The minimum absolute atomic E-state index is 0. The van der Waals surface area contributed by atoms with Gasteiger partial charge in [-0.25, -0.2) is 4.99 Å². The summed E-state index contributed by atoms with van der Waals surface area (Å²) in [5, 5.41) is 12.8. The Bertz CT molecular complexity index is 565. The maximum atomic E-state index is 9.39. The van der Waals surface area contributed by atoms with Crippen molar-refractivity contribution in [2.75, 3.05) is 26.2 Å². The number of rotatable bonds is 6. The van der Waals surface area contributed by atoms with Gasteiger partial charge < -0.3 is 20.1 Å². The fourth-order valence-corrected chi connectivity index (χ4v) is 3.88. The van der Waals surface area contributed by atoms with Crippen LogP contribution in [0.1, 0.15) is 51.0 Å². The molecule has 2 N–H and O–H groups in total. The number of halogens is 1. The van der Waals surface area contributed by atoms with Crippen molar-refractivity contribution in [2.24, 2.45) is 10.9 Å². The van der Waals surface area contributed by atoms with Gasteiger partial charge in [0.1, 0.15) is 5.75 Å². The van der Waals surface area contributed by atoms with E-state index >= 15 is 0 Å². The number of phenols is 1. The van der Waals surface area contributed by atoms with Crippen molar-refractivity contribution in [1.82, 2.24) is 10.2 Å². The monoisotopic (exact) mass is 487 g/mol. The molecule has 2 aliphatic rings. The van der Waals surface area contributed by atoms with Gasteiger partial charge in [0.15, 0.2) is 5.96 Å².